The van der Waals surface area contributed by atoms with Crippen molar-refractivity contribution in [2.24, 2.45) is 5.73 Å². The third-order valence-corrected chi connectivity index (χ3v) is 3.33. The van der Waals surface area contributed by atoms with Crippen LogP contribution in [0.2, 0.25) is 5.02 Å². The minimum Gasteiger partial charge on any atom is -0.489 e. The van der Waals surface area contributed by atoms with Crippen LogP contribution in [-0.2, 0) is 6.61 Å². The van der Waals surface area contributed by atoms with Gasteiger partial charge in [0, 0.05) is 11.6 Å². The van der Waals surface area contributed by atoms with Crippen molar-refractivity contribution in [3.63, 3.8) is 0 Å². The lowest BCUT2D eigenvalue weighted by Gasteiger charge is -2.15. The summed E-state index contributed by atoms with van der Waals surface area (Å²) in [5.41, 5.74) is 8.79. The number of benzene rings is 2. The SMILES string of the molecule is Cc1ccc([C@@H](C)N)c(OCc2ccc(F)c(Cl)c2)c1. The van der Waals surface area contributed by atoms with Gasteiger partial charge in [0.1, 0.15) is 18.2 Å². The molecule has 0 unspecified atom stereocenters. The molecule has 0 saturated carbocycles. The van der Waals surface area contributed by atoms with Gasteiger partial charge in [-0.3, -0.25) is 0 Å². The standard InChI is InChI=1S/C16H17ClFNO/c1-10-3-5-13(11(2)19)16(7-10)20-9-12-4-6-15(18)14(17)8-12/h3-8,11H,9,19H2,1-2H3/t11-/m1/s1. The Balaban J connectivity index is 2.17. The first-order chi connectivity index (χ1) is 9.47. The summed E-state index contributed by atoms with van der Waals surface area (Å²) in [4.78, 5) is 0. The summed E-state index contributed by atoms with van der Waals surface area (Å²) in [6.07, 6.45) is 0. The first-order valence-corrected chi connectivity index (χ1v) is 6.78. The van der Waals surface area contributed by atoms with Gasteiger partial charge in [0.05, 0.1) is 5.02 Å². The second-order valence-corrected chi connectivity index (χ2v) is 5.27. The zero-order chi connectivity index (χ0) is 14.7. The summed E-state index contributed by atoms with van der Waals surface area (Å²) in [7, 11) is 0. The first kappa shape index (κ1) is 14.8. The molecule has 0 saturated heterocycles. The molecule has 0 aliphatic heterocycles. The molecule has 2 aromatic carbocycles. The Hall–Kier alpha value is -1.58. The number of halogens is 2. The van der Waals surface area contributed by atoms with E-state index in [-0.39, 0.29) is 11.1 Å². The molecule has 2 rings (SSSR count). The van der Waals surface area contributed by atoms with Crippen LogP contribution in [0.3, 0.4) is 0 Å². The van der Waals surface area contributed by atoms with E-state index in [0.717, 1.165) is 22.4 Å². The molecule has 2 nitrogen and oxygen atoms in total. The topological polar surface area (TPSA) is 35.2 Å². The lowest BCUT2D eigenvalue weighted by Crippen LogP contribution is -2.08. The molecule has 4 heteroatoms. The minimum absolute atomic E-state index is 0.0998. The minimum atomic E-state index is -0.428. The van der Waals surface area contributed by atoms with E-state index in [9.17, 15) is 4.39 Å². The number of hydrogen-bond donors (Lipinski definition) is 1. The average Bonchev–Trinajstić information content (AvgIpc) is 2.40. The van der Waals surface area contributed by atoms with Crippen LogP contribution in [0, 0.1) is 12.7 Å². The molecule has 0 aliphatic rings. The molecular weight excluding hydrogens is 277 g/mol. The van der Waals surface area contributed by atoms with E-state index in [0.29, 0.717) is 6.61 Å². The number of ether oxygens (including phenoxy) is 1. The summed E-state index contributed by atoms with van der Waals surface area (Å²) in [6.45, 7) is 4.22. The van der Waals surface area contributed by atoms with Crippen molar-refractivity contribution in [2.45, 2.75) is 26.5 Å². The third-order valence-electron chi connectivity index (χ3n) is 3.04. The molecule has 0 fully saturated rings. The number of rotatable bonds is 4. The van der Waals surface area contributed by atoms with Crippen molar-refractivity contribution in [3.8, 4) is 5.75 Å². The maximum atomic E-state index is 13.1. The maximum absolute atomic E-state index is 13.1. The third kappa shape index (κ3) is 3.50. The van der Waals surface area contributed by atoms with Gasteiger partial charge in [-0.05, 0) is 43.2 Å². The number of hydrogen-bond acceptors (Lipinski definition) is 2. The van der Waals surface area contributed by atoms with E-state index in [4.69, 9.17) is 22.1 Å². The highest BCUT2D eigenvalue weighted by atomic mass is 35.5. The van der Waals surface area contributed by atoms with Gasteiger partial charge in [-0.25, -0.2) is 4.39 Å². The van der Waals surface area contributed by atoms with E-state index in [2.05, 4.69) is 0 Å². The Morgan fingerprint density at radius 2 is 2.00 bits per heavy atom. The quantitative estimate of drug-likeness (QED) is 0.907. The molecule has 0 radical (unpaired) electrons. The Morgan fingerprint density at radius 3 is 2.65 bits per heavy atom. The van der Waals surface area contributed by atoms with E-state index >= 15 is 0 Å². The molecule has 0 heterocycles. The monoisotopic (exact) mass is 293 g/mol. The van der Waals surface area contributed by atoms with Crippen LogP contribution in [0.1, 0.15) is 29.7 Å². The Bertz CT molecular complexity index is 613. The molecular formula is C16H17ClFNO. The van der Waals surface area contributed by atoms with Gasteiger partial charge in [-0.2, -0.15) is 0 Å². The lowest BCUT2D eigenvalue weighted by molar-refractivity contribution is 0.301. The van der Waals surface area contributed by atoms with Crippen LogP contribution in [0.5, 0.6) is 5.75 Å². The molecule has 0 bridgehead atoms. The highest BCUT2D eigenvalue weighted by Crippen LogP contribution is 2.26. The Morgan fingerprint density at radius 1 is 1.25 bits per heavy atom. The van der Waals surface area contributed by atoms with Crippen LogP contribution in [0.15, 0.2) is 36.4 Å². The average molecular weight is 294 g/mol. The molecule has 0 aromatic heterocycles. The maximum Gasteiger partial charge on any atom is 0.141 e. The predicted molar refractivity (Wildman–Crippen MR) is 79.5 cm³/mol. The molecule has 2 N–H and O–H groups in total. The van der Waals surface area contributed by atoms with Gasteiger partial charge in [-0.15, -0.1) is 0 Å². The van der Waals surface area contributed by atoms with Crippen LogP contribution >= 0.6 is 11.6 Å². The summed E-state index contributed by atoms with van der Waals surface area (Å²) >= 11 is 5.75. The molecule has 0 amide bonds. The second kappa shape index (κ2) is 6.25. The summed E-state index contributed by atoms with van der Waals surface area (Å²) < 4.78 is 18.9. The fraction of sp³-hybridized carbons (Fsp3) is 0.250. The molecule has 106 valence electrons. The first-order valence-electron chi connectivity index (χ1n) is 6.40. The molecule has 20 heavy (non-hydrogen) atoms. The molecule has 1 atom stereocenters. The number of aryl methyl sites for hydroxylation is 1. The van der Waals surface area contributed by atoms with Crippen molar-refractivity contribution >= 4 is 11.6 Å². The summed E-state index contributed by atoms with van der Waals surface area (Å²) in [5.74, 6) is 0.322. The fourth-order valence-electron chi connectivity index (χ4n) is 1.93. The predicted octanol–water partition coefficient (Wildman–Crippen LogP) is 4.39. The highest BCUT2D eigenvalue weighted by Gasteiger charge is 2.09. The van der Waals surface area contributed by atoms with E-state index in [1.807, 2.05) is 32.0 Å². The van der Waals surface area contributed by atoms with Crippen molar-refractivity contribution < 1.29 is 9.13 Å². The smallest absolute Gasteiger partial charge is 0.141 e. The van der Waals surface area contributed by atoms with Crippen LogP contribution < -0.4 is 10.5 Å². The van der Waals surface area contributed by atoms with Crippen molar-refractivity contribution in [1.29, 1.82) is 0 Å². The van der Waals surface area contributed by atoms with Crippen LogP contribution in [-0.4, -0.2) is 0 Å². The highest BCUT2D eigenvalue weighted by molar-refractivity contribution is 6.30. The summed E-state index contributed by atoms with van der Waals surface area (Å²) in [5, 5.41) is 0.0998. The van der Waals surface area contributed by atoms with Crippen LogP contribution in [0.4, 0.5) is 4.39 Å². The van der Waals surface area contributed by atoms with E-state index in [1.54, 1.807) is 12.1 Å². The number of nitrogens with two attached hydrogens (primary N) is 1. The Labute approximate surface area is 123 Å². The van der Waals surface area contributed by atoms with Crippen LogP contribution in [0.25, 0.3) is 0 Å². The fourth-order valence-corrected chi connectivity index (χ4v) is 2.14. The summed E-state index contributed by atoms with van der Waals surface area (Å²) in [6, 6.07) is 10.4. The van der Waals surface area contributed by atoms with Crippen molar-refractivity contribution in [1.82, 2.24) is 0 Å². The van der Waals surface area contributed by atoms with E-state index in [1.165, 1.54) is 6.07 Å². The normalized spacial score (nSPS) is 12.2. The van der Waals surface area contributed by atoms with E-state index < -0.39 is 5.82 Å². The lowest BCUT2D eigenvalue weighted by atomic mass is 10.1. The van der Waals surface area contributed by atoms with Crippen molar-refractivity contribution in [2.75, 3.05) is 0 Å². The molecule has 0 aliphatic carbocycles. The largest absolute Gasteiger partial charge is 0.489 e. The van der Waals surface area contributed by atoms with Gasteiger partial charge >= 0.3 is 0 Å². The van der Waals surface area contributed by atoms with Gasteiger partial charge < -0.3 is 10.5 Å². The molecule has 2 aromatic rings. The van der Waals surface area contributed by atoms with Crippen molar-refractivity contribution in [3.05, 3.63) is 63.9 Å². The van der Waals surface area contributed by atoms with Gasteiger partial charge in [0.25, 0.3) is 0 Å². The molecule has 0 spiro atoms. The van der Waals surface area contributed by atoms with Gasteiger partial charge in [-0.1, -0.05) is 29.8 Å². The Kier molecular flexibility index (Phi) is 4.63. The van der Waals surface area contributed by atoms with Gasteiger partial charge in [0.15, 0.2) is 0 Å². The second-order valence-electron chi connectivity index (χ2n) is 4.87. The van der Waals surface area contributed by atoms with Gasteiger partial charge in [0.2, 0.25) is 0 Å². The zero-order valence-corrected chi connectivity index (χ0v) is 12.2. The zero-order valence-electron chi connectivity index (χ0n) is 11.5.